The number of rotatable bonds is 5. The molecular formula is C21H25N5O. The average Bonchev–Trinajstić information content (AvgIpc) is 2.98. The van der Waals surface area contributed by atoms with Gasteiger partial charge in [0.25, 0.3) is 5.91 Å². The van der Waals surface area contributed by atoms with E-state index in [9.17, 15) is 4.79 Å². The number of anilines is 1. The molecule has 140 valence electrons. The molecule has 0 saturated carbocycles. The maximum absolute atomic E-state index is 12.4. The van der Waals surface area contributed by atoms with Crippen LogP contribution in [0.25, 0.3) is 11.4 Å². The number of carbonyl (C=O) groups is 1. The minimum absolute atomic E-state index is 0.0926. The molecule has 0 fully saturated rings. The fourth-order valence-electron chi connectivity index (χ4n) is 3.04. The molecule has 3 aromatic rings. The number of hydrogen-bond donors (Lipinski definition) is 1. The van der Waals surface area contributed by atoms with Crippen LogP contribution in [-0.2, 0) is 13.6 Å². The van der Waals surface area contributed by atoms with E-state index in [2.05, 4.69) is 39.5 Å². The fraction of sp³-hybridized carbons (Fsp3) is 0.286. The summed E-state index contributed by atoms with van der Waals surface area (Å²) in [5.41, 5.74) is 5.01. The number of nitrogens with zero attached hydrogens (tertiary/aromatic N) is 4. The Labute approximate surface area is 159 Å². The van der Waals surface area contributed by atoms with Crippen LogP contribution in [-0.4, -0.2) is 34.8 Å². The number of carbonyl (C=O) groups excluding carboxylic acids is 1. The normalized spacial score (nSPS) is 10.7. The van der Waals surface area contributed by atoms with Crippen LogP contribution in [0, 0.1) is 13.8 Å². The van der Waals surface area contributed by atoms with E-state index in [1.165, 1.54) is 11.3 Å². The average molecular weight is 363 g/mol. The summed E-state index contributed by atoms with van der Waals surface area (Å²) in [7, 11) is 5.97. The highest BCUT2D eigenvalue weighted by Crippen LogP contribution is 2.20. The van der Waals surface area contributed by atoms with Crippen molar-refractivity contribution in [2.24, 2.45) is 7.05 Å². The Balaban J connectivity index is 1.66. The lowest BCUT2D eigenvalue weighted by atomic mass is 10.1. The Kier molecular flexibility index (Phi) is 5.26. The van der Waals surface area contributed by atoms with Crippen molar-refractivity contribution in [3.8, 4) is 11.4 Å². The maximum atomic E-state index is 12.4. The van der Waals surface area contributed by atoms with Gasteiger partial charge < -0.3 is 14.8 Å². The Hall–Kier alpha value is -3.15. The molecule has 2 aromatic carbocycles. The van der Waals surface area contributed by atoms with Gasteiger partial charge in [-0.05, 0) is 43.2 Å². The number of amides is 1. The Bertz CT molecular complexity index is 957. The Morgan fingerprint density at radius 1 is 1.07 bits per heavy atom. The predicted octanol–water partition coefficient (Wildman–Crippen LogP) is 3.09. The molecule has 6 nitrogen and oxygen atoms in total. The van der Waals surface area contributed by atoms with Gasteiger partial charge in [0.1, 0.15) is 5.82 Å². The van der Waals surface area contributed by atoms with Gasteiger partial charge in [-0.1, -0.05) is 24.3 Å². The highest BCUT2D eigenvalue weighted by molar-refractivity contribution is 5.94. The van der Waals surface area contributed by atoms with Crippen LogP contribution < -0.4 is 10.2 Å². The van der Waals surface area contributed by atoms with E-state index in [4.69, 9.17) is 0 Å². The Morgan fingerprint density at radius 2 is 1.78 bits per heavy atom. The second kappa shape index (κ2) is 7.61. The van der Waals surface area contributed by atoms with E-state index in [-0.39, 0.29) is 5.91 Å². The van der Waals surface area contributed by atoms with Gasteiger partial charge in [-0.2, -0.15) is 0 Å². The zero-order valence-corrected chi connectivity index (χ0v) is 16.4. The van der Waals surface area contributed by atoms with Gasteiger partial charge >= 0.3 is 0 Å². The van der Waals surface area contributed by atoms with Gasteiger partial charge in [-0.3, -0.25) is 4.79 Å². The number of aromatic nitrogens is 3. The molecule has 0 aliphatic carbocycles. The quantitative estimate of drug-likeness (QED) is 0.757. The number of aryl methyl sites for hydroxylation is 2. The van der Waals surface area contributed by atoms with Crippen LogP contribution in [0.5, 0.6) is 0 Å². The van der Waals surface area contributed by atoms with Crippen molar-refractivity contribution in [3.05, 3.63) is 65.0 Å². The lowest BCUT2D eigenvalue weighted by molar-refractivity contribution is 0.0951. The van der Waals surface area contributed by atoms with Crippen LogP contribution in [0.3, 0.4) is 0 Å². The molecule has 0 spiro atoms. The molecule has 1 amide bonds. The zero-order valence-electron chi connectivity index (χ0n) is 16.4. The van der Waals surface area contributed by atoms with Crippen LogP contribution >= 0.6 is 0 Å². The second-order valence-corrected chi connectivity index (χ2v) is 6.91. The van der Waals surface area contributed by atoms with Crippen molar-refractivity contribution in [3.63, 3.8) is 0 Å². The summed E-state index contributed by atoms with van der Waals surface area (Å²) in [6.07, 6.45) is 0. The molecule has 3 rings (SSSR count). The van der Waals surface area contributed by atoms with Crippen molar-refractivity contribution in [2.45, 2.75) is 20.4 Å². The minimum Gasteiger partial charge on any atom is -0.377 e. The molecule has 1 aromatic heterocycles. The summed E-state index contributed by atoms with van der Waals surface area (Å²) in [6.45, 7) is 4.48. The van der Waals surface area contributed by atoms with E-state index >= 15 is 0 Å². The molecule has 1 N–H and O–H groups in total. The van der Waals surface area contributed by atoms with E-state index in [1.807, 2.05) is 63.0 Å². The van der Waals surface area contributed by atoms with Crippen LogP contribution in [0.1, 0.15) is 27.3 Å². The van der Waals surface area contributed by atoms with E-state index in [0.717, 1.165) is 22.8 Å². The van der Waals surface area contributed by atoms with Gasteiger partial charge in [0.15, 0.2) is 5.82 Å². The third-order valence-corrected chi connectivity index (χ3v) is 4.69. The van der Waals surface area contributed by atoms with E-state index < -0.39 is 0 Å². The molecular weight excluding hydrogens is 338 g/mol. The standard InChI is InChI=1S/C21H25N5O/c1-14-12-16(6-11-19(14)25(3)4)13-22-21(27)18-9-7-17(8-10-18)20-24-23-15(2)26(20)5/h6-12H,13H2,1-5H3,(H,22,27). The second-order valence-electron chi connectivity index (χ2n) is 6.91. The molecule has 0 saturated heterocycles. The highest BCUT2D eigenvalue weighted by Gasteiger charge is 2.10. The molecule has 6 heteroatoms. The first-order valence-electron chi connectivity index (χ1n) is 8.88. The summed E-state index contributed by atoms with van der Waals surface area (Å²) in [5.74, 6) is 1.54. The van der Waals surface area contributed by atoms with Crippen LogP contribution in [0.4, 0.5) is 5.69 Å². The van der Waals surface area contributed by atoms with E-state index in [1.54, 1.807) is 0 Å². The third kappa shape index (κ3) is 4.00. The first-order valence-corrected chi connectivity index (χ1v) is 8.88. The lowest BCUT2D eigenvalue weighted by Crippen LogP contribution is -2.22. The van der Waals surface area contributed by atoms with Crippen LogP contribution in [0.2, 0.25) is 0 Å². The summed E-state index contributed by atoms with van der Waals surface area (Å²) >= 11 is 0. The molecule has 0 aliphatic heterocycles. The first-order chi connectivity index (χ1) is 12.9. The monoisotopic (exact) mass is 363 g/mol. The molecule has 0 unspecified atom stereocenters. The smallest absolute Gasteiger partial charge is 0.251 e. The molecule has 27 heavy (non-hydrogen) atoms. The molecule has 0 atom stereocenters. The van der Waals surface area contributed by atoms with E-state index in [0.29, 0.717) is 12.1 Å². The molecule has 1 heterocycles. The zero-order chi connectivity index (χ0) is 19.6. The van der Waals surface area contributed by atoms with Crippen molar-refractivity contribution in [1.29, 1.82) is 0 Å². The number of benzene rings is 2. The summed E-state index contributed by atoms with van der Waals surface area (Å²) in [6, 6.07) is 13.7. The van der Waals surface area contributed by atoms with Crippen molar-refractivity contribution in [2.75, 3.05) is 19.0 Å². The maximum Gasteiger partial charge on any atom is 0.251 e. The number of hydrogen-bond acceptors (Lipinski definition) is 4. The van der Waals surface area contributed by atoms with Crippen LogP contribution in [0.15, 0.2) is 42.5 Å². The number of nitrogens with one attached hydrogen (secondary N) is 1. The summed E-state index contributed by atoms with van der Waals surface area (Å²) in [5, 5.41) is 11.2. The van der Waals surface area contributed by atoms with Gasteiger partial charge in [0.2, 0.25) is 0 Å². The van der Waals surface area contributed by atoms with Gasteiger partial charge in [0.05, 0.1) is 0 Å². The third-order valence-electron chi connectivity index (χ3n) is 4.69. The van der Waals surface area contributed by atoms with Gasteiger partial charge in [-0.15, -0.1) is 10.2 Å². The first kappa shape index (κ1) is 18.6. The minimum atomic E-state index is -0.0926. The fourth-order valence-corrected chi connectivity index (χ4v) is 3.04. The molecule has 0 radical (unpaired) electrons. The van der Waals surface area contributed by atoms with Gasteiger partial charge in [0, 0.05) is 44.5 Å². The molecule has 0 aliphatic rings. The summed E-state index contributed by atoms with van der Waals surface area (Å²) < 4.78 is 1.93. The largest absolute Gasteiger partial charge is 0.377 e. The van der Waals surface area contributed by atoms with Gasteiger partial charge in [-0.25, -0.2) is 0 Å². The van der Waals surface area contributed by atoms with Crippen molar-refractivity contribution >= 4 is 11.6 Å². The predicted molar refractivity (Wildman–Crippen MR) is 108 cm³/mol. The highest BCUT2D eigenvalue weighted by atomic mass is 16.1. The SMILES string of the molecule is Cc1cc(CNC(=O)c2ccc(-c3nnc(C)n3C)cc2)ccc1N(C)C. The van der Waals surface area contributed by atoms with Crippen molar-refractivity contribution in [1.82, 2.24) is 20.1 Å². The Morgan fingerprint density at radius 3 is 2.33 bits per heavy atom. The lowest BCUT2D eigenvalue weighted by Gasteiger charge is -2.16. The molecule has 0 bridgehead atoms. The topological polar surface area (TPSA) is 63.1 Å². The summed E-state index contributed by atoms with van der Waals surface area (Å²) in [4.78, 5) is 14.5. The van der Waals surface area contributed by atoms with Crippen molar-refractivity contribution < 1.29 is 4.79 Å².